The first-order chi connectivity index (χ1) is 13.5. The zero-order valence-electron chi connectivity index (χ0n) is 17.1. The molecule has 28 heavy (non-hydrogen) atoms. The van der Waals surface area contributed by atoms with E-state index in [0.717, 1.165) is 48.0 Å². The Bertz CT molecular complexity index is 807. The second kappa shape index (κ2) is 8.95. The molecule has 1 saturated heterocycles. The minimum atomic E-state index is -0.0305. The van der Waals surface area contributed by atoms with Gasteiger partial charge in [-0.3, -0.25) is 4.79 Å². The molecule has 2 aromatic rings. The molecule has 2 atom stereocenters. The van der Waals surface area contributed by atoms with Crippen LogP contribution in [0.3, 0.4) is 0 Å². The summed E-state index contributed by atoms with van der Waals surface area (Å²) in [5.41, 5.74) is 2.17. The molecule has 1 fully saturated rings. The van der Waals surface area contributed by atoms with E-state index < -0.39 is 0 Å². The molecule has 1 aromatic heterocycles. The number of aryl methyl sites for hydroxylation is 1. The number of ether oxygens (including phenoxy) is 2. The molecule has 3 rings (SSSR count). The highest BCUT2D eigenvalue weighted by molar-refractivity contribution is 5.73. The zero-order chi connectivity index (χ0) is 20.1. The van der Waals surface area contributed by atoms with Crippen LogP contribution in [0.5, 0.6) is 11.5 Å². The first-order valence-electron chi connectivity index (χ1n) is 9.84. The predicted octanol–water partition coefficient (Wildman–Crippen LogP) is 3.64. The number of amides is 1. The van der Waals surface area contributed by atoms with Crippen molar-refractivity contribution in [3.63, 3.8) is 0 Å². The number of hydrogen-bond acceptors (Lipinski definition) is 5. The van der Waals surface area contributed by atoms with Crippen LogP contribution in [0.2, 0.25) is 0 Å². The molecular formula is C22H29N3O3. The molecule has 1 aromatic carbocycles. The van der Waals surface area contributed by atoms with Gasteiger partial charge in [-0.15, -0.1) is 0 Å². The molecule has 0 bridgehead atoms. The van der Waals surface area contributed by atoms with Crippen LogP contribution in [0, 0.1) is 6.92 Å². The lowest BCUT2D eigenvalue weighted by atomic mass is 10.1. The topological polar surface area (TPSA) is 63.7 Å². The van der Waals surface area contributed by atoms with Crippen LogP contribution in [0.4, 0.5) is 5.82 Å². The van der Waals surface area contributed by atoms with Crippen molar-refractivity contribution in [2.45, 2.75) is 46.3 Å². The third-order valence-corrected chi connectivity index (χ3v) is 4.88. The monoisotopic (exact) mass is 383 g/mol. The molecule has 150 valence electrons. The van der Waals surface area contributed by atoms with Gasteiger partial charge in [0, 0.05) is 19.9 Å². The number of nitrogens with one attached hydrogen (secondary N) is 1. The minimum Gasteiger partial charge on any atom is -0.492 e. The van der Waals surface area contributed by atoms with Gasteiger partial charge in [-0.05, 0) is 50.1 Å². The second-order valence-corrected chi connectivity index (χ2v) is 7.21. The number of nitrogens with zero attached hydrogens (tertiary/aromatic N) is 2. The molecule has 1 amide bonds. The molecule has 2 heterocycles. The van der Waals surface area contributed by atoms with Gasteiger partial charge in [0.1, 0.15) is 23.4 Å². The number of pyridine rings is 1. The lowest BCUT2D eigenvalue weighted by Gasteiger charge is -2.20. The van der Waals surface area contributed by atoms with Crippen molar-refractivity contribution in [1.82, 2.24) is 10.3 Å². The zero-order valence-corrected chi connectivity index (χ0v) is 17.1. The van der Waals surface area contributed by atoms with E-state index in [1.807, 2.05) is 44.2 Å². The highest BCUT2D eigenvalue weighted by Crippen LogP contribution is 2.27. The Morgan fingerprint density at radius 2 is 2.07 bits per heavy atom. The van der Waals surface area contributed by atoms with Gasteiger partial charge in [-0.2, -0.15) is 0 Å². The fourth-order valence-corrected chi connectivity index (χ4v) is 3.55. The van der Waals surface area contributed by atoms with Gasteiger partial charge in [0.25, 0.3) is 0 Å². The van der Waals surface area contributed by atoms with Crippen LogP contribution in [-0.2, 0) is 4.79 Å². The van der Waals surface area contributed by atoms with Crippen LogP contribution in [0.15, 0.2) is 36.5 Å². The van der Waals surface area contributed by atoms with Gasteiger partial charge in [-0.25, -0.2) is 4.98 Å². The van der Waals surface area contributed by atoms with Crippen molar-refractivity contribution in [3.8, 4) is 11.5 Å². The van der Waals surface area contributed by atoms with Crippen LogP contribution in [-0.4, -0.2) is 36.7 Å². The van der Waals surface area contributed by atoms with Crippen molar-refractivity contribution in [3.05, 3.63) is 47.7 Å². The van der Waals surface area contributed by atoms with Crippen LogP contribution in [0.1, 0.15) is 44.4 Å². The quantitative estimate of drug-likeness (QED) is 0.791. The molecule has 0 saturated carbocycles. The summed E-state index contributed by atoms with van der Waals surface area (Å²) in [6, 6.07) is 9.96. The maximum atomic E-state index is 11.2. The van der Waals surface area contributed by atoms with Crippen LogP contribution >= 0.6 is 0 Å². The van der Waals surface area contributed by atoms with E-state index >= 15 is 0 Å². The Balaban J connectivity index is 1.58. The maximum absolute atomic E-state index is 11.2. The van der Waals surface area contributed by atoms with Crippen molar-refractivity contribution in [2.24, 2.45) is 0 Å². The van der Waals surface area contributed by atoms with Crippen LogP contribution in [0.25, 0.3) is 0 Å². The number of rotatable bonds is 7. The number of carbonyl (C=O) groups is 1. The lowest BCUT2D eigenvalue weighted by Crippen LogP contribution is -2.26. The second-order valence-electron chi connectivity index (χ2n) is 7.21. The van der Waals surface area contributed by atoms with Crippen LogP contribution < -0.4 is 19.7 Å². The van der Waals surface area contributed by atoms with Crippen molar-refractivity contribution >= 4 is 11.7 Å². The van der Waals surface area contributed by atoms with E-state index in [2.05, 4.69) is 22.1 Å². The van der Waals surface area contributed by atoms with Crippen molar-refractivity contribution in [2.75, 3.05) is 24.6 Å². The predicted molar refractivity (Wildman–Crippen MR) is 110 cm³/mol. The molecular weight excluding hydrogens is 354 g/mol. The minimum absolute atomic E-state index is 0.0118. The Labute approximate surface area is 166 Å². The van der Waals surface area contributed by atoms with E-state index in [1.165, 1.54) is 6.92 Å². The molecule has 0 spiro atoms. The summed E-state index contributed by atoms with van der Waals surface area (Å²) in [6.07, 6.45) is 2.87. The highest BCUT2D eigenvalue weighted by atomic mass is 16.5. The molecule has 1 N–H and O–H groups in total. The number of anilines is 1. The fourth-order valence-electron chi connectivity index (χ4n) is 3.55. The highest BCUT2D eigenvalue weighted by Gasteiger charge is 2.26. The SMILES string of the molecule is CCOc1cnc(N2CCC(Oc3ccc([C@H](C)NC(C)=O)cc3)C2)c(C)c1. The normalized spacial score (nSPS) is 17.3. The van der Waals surface area contributed by atoms with Gasteiger partial charge in [0.2, 0.25) is 5.91 Å². The first kappa shape index (κ1) is 20.0. The molecule has 6 nitrogen and oxygen atoms in total. The molecule has 1 aliphatic rings. The number of benzene rings is 1. The average molecular weight is 383 g/mol. The van der Waals surface area contributed by atoms with Gasteiger partial charge < -0.3 is 19.7 Å². The third kappa shape index (κ3) is 4.94. The summed E-state index contributed by atoms with van der Waals surface area (Å²) in [5.74, 6) is 2.62. The molecule has 1 aliphatic heterocycles. The summed E-state index contributed by atoms with van der Waals surface area (Å²) in [5, 5.41) is 2.89. The van der Waals surface area contributed by atoms with Gasteiger partial charge in [-0.1, -0.05) is 12.1 Å². The van der Waals surface area contributed by atoms with E-state index in [0.29, 0.717) is 6.61 Å². The third-order valence-electron chi connectivity index (χ3n) is 4.88. The summed E-state index contributed by atoms with van der Waals surface area (Å²) >= 11 is 0. The molecule has 6 heteroatoms. The Hall–Kier alpha value is -2.76. The van der Waals surface area contributed by atoms with Crippen molar-refractivity contribution < 1.29 is 14.3 Å². The van der Waals surface area contributed by atoms with Crippen molar-refractivity contribution in [1.29, 1.82) is 0 Å². The lowest BCUT2D eigenvalue weighted by molar-refractivity contribution is -0.119. The number of aromatic nitrogens is 1. The molecule has 0 aliphatic carbocycles. The van der Waals surface area contributed by atoms with E-state index in [9.17, 15) is 4.79 Å². The summed E-state index contributed by atoms with van der Waals surface area (Å²) in [6.45, 7) is 9.91. The summed E-state index contributed by atoms with van der Waals surface area (Å²) in [7, 11) is 0. The largest absolute Gasteiger partial charge is 0.492 e. The fraction of sp³-hybridized carbons (Fsp3) is 0.455. The Morgan fingerprint density at radius 3 is 2.71 bits per heavy atom. The number of carbonyl (C=O) groups excluding carboxylic acids is 1. The van der Waals surface area contributed by atoms with Gasteiger partial charge in [0.05, 0.1) is 25.4 Å². The summed E-state index contributed by atoms with van der Waals surface area (Å²) < 4.78 is 11.7. The van der Waals surface area contributed by atoms with Gasteiger partial charge >= 0.3 is 0 Å². The Morgan fingerprint density at radius 1 is 1.32 bits per heavy atom. The van der Waals surface area contributed by atoms with E-state index in [1.54, 1.807) is 6.20 Å². The standard InChI is InChI=1S/C22H29N3O3/c1-5-27-21-12-15(2)22(23-13-21)25-11-10-20(14-25)28-19-8-6-18(7-9-19)16(3)24-17(4)26/h6-9,12-13,16,20H,5,10-11,14H2,1-4H3,(H,24,26)/t16-,20?/m0/s1. The molecule has 1 unspecified atom stereocenters. The summed E-state index contributed by atoms with van der Waals surface area (Å²) in [4.78, 5) is 18.0. The Kier molecular flexibility index (Phi) is 6.39. The van der Waals surface area contributed by atoms with Gasteiger partial charge in [0.15, 0.2) is 0 Å². The number of hydrogen-bond donors (Lipinski definition) is 1. The smallest absolute Gasteiger partial charge is 0.217 e. The first-order valence-corrected chi connectivity index (χ1v) is 9.84. The van der Waals surface area contributed by atoms with E-state index in [4.69, 9.17) is 9.47 Å². The maximum Gasteiger partial charge on any atom is 0.217 e. The molecule has 0 radical (unpaired) electrons. The average Bonchev–Trinajstić information content (AvgIpc) is 3.10. The van der Waals surface area contributed by atoms with E-state index in [-0.39, 0.29) is 18.1 Å².